The normalized spacial score (nSPS) is 13.7. The Morgan fingerprint density at radius 1 is 0.267 bits per heavy atom. The lowest BCUT2D eigenvalue weighted by Crippen LogP contribution is -2.41. The topological polar surface area (TPSA) is 315 Å². The number of carbonyl (C=O) groups is 6. The molecular formula is C90H174N2O20P2S2. The number of nitrogens with one attached hydrogen (secondary N) is 2. The van der Waals surface area contributed by atoms with Gasteiger partial charge in [-0.15, -0.1) is 0 Å². The Morgan fingerprint density at radius 3 is 0.664 bits per heavy atom. The lowest BCUT2D eigenvalue weighted by molar-refractivity contribution is -0.161. The van der Waals surface area contributed by atoms with E-state index in [0.29, 0.717) is 25.7 Å². The Bertz CT molecular complexity index is 2200. The van der Waals surface area contributed by atoms with E-state index in [9.17, 15) is 57.9 Å². The Hall–Kier alpha value is -2.34. The summed E-state index contributed by atoms with van der Waals surface area (Å²) in [6, 6.07) is -2.19. The summed E-state index contributed by atoms with van der Waals surface area (Å²) >= 11 is 0. The number of hydrogen-bond donors (Lipinski definition) is 6. The number of unbranched alkanes of at least 4 members (excludes halogenated alkanes) is 56. The maximum Gasteiger partial charge on any atom is 0.472 e. The molecule has 6 atom stereocenters. The van der Waals surface area contributed by atoms with Crippen molar-refractivity contribution in [1.82, 2.24) is 10.6 Å². The SMILES string of the molecule is CCCCCCCCCCCCCCCCCC(=O)OC[C@H](COP(=O)(O)OC[C@H](CO)NC(=O)CCSSCCC(=O)N[C@@H](CO)COP(=O)(O)OC[C@@H](COC(=O)CCCCCCCCCCCCCCCCC)OC(=O)CCCCCCCCCCCCCCCCC)OC(=O)CCCCCCCCCCCCCCCCC. The van der Waals surface area contributed by atoms with Gasteiger partial charge in [0.1, 0.15) is 13.2 Å². The average molecular weight is 1730 g/mol. The van der Waals surface area contributed by atoms with Crippen LogP contribution in [0.4, 0.5) is 0 Å². The van der Waals surface area contributed by atoms with Crippen molar-refractivity contribution in [2.24, 2.45) is 0 Å². The standard InChI is InChI=1S/C90H174N2O20P2S2/c1-5-9-13-17-21-25-29-33-37-41-45-49-53-57-61-65-87(97)105-77-83(111-89(99)67-63-59-55-51-47-43-39-35-31-27-23-19-15-11-7-3)79-109-113(101,102)107-75-81(73-93)91-85(95)69-71-115-116-72-70-86(96)92-82(74-94)76-108-114(103,104)110-80-84(112-90(100)68-64-60-56-52-48-44-40-36-32-28-24-20-16-12-8-4)78-106-88(98)66-62-58-54-50-46-42-38-34-30-26-22-18-14-10-6-2/h81-84,93-94H,5-80H2,1-4H3,(H,91,95)(H,92,96)(H,101,102)(H,103,104)/t81-,82-,83+,84+/m0/s1. The fraction of sp³-hybridized carbons (Fsp3) is 0.933. The van der Waals surface area contributed by atoms with Crippen molar-refractivity contribution in [1.29, 1.82) is 0 Å². The fourth-order valence-corrected chi connectivity index (χ4v) is 17.4. The maximum absolute atomic E-state index is 13.1. The molecule has 0 aliphatic heterocycles. The predicted molar refractivity (Wildman–Crippen MR) is 476 cm³/mol. The highest BCUT2D eigenvalue weighted by Gasteiger charge is 2.30. The average Bonchev–Trinajstić information content (AvgIpc) is 0.902. The first-order valence-corrected chi connectivity index (χ1v) is 52.9. The number of aliphatic hydroxyl groups is 2. The first kappa shape index (κ1) is 114. The molecular weight excluding hydrogens is 1560 g/mol. The monoisotopic (exact) mass is 1730 g/mol. The first-order valence-electron chi connectivity index (χ1n) is 47.4. The number of aliphatic hydroxyl groups excluding tert-OH is 2. The van der Waals surface area contributed by atoms with E-state index >= 15 is 0 Å². The van der Waals surface area contributed by atoms with Gasteiger partial charge in [-0.2, -0.15) is 0 Å². The van der Waals surface area contributed by atoms with Crippen LogP contribution in [-0.2, 0) is 74.9 Å². The van der Waals surface area contributed by atoms with Crippen molar-refractivity contribution in [3.63, 3.8) is 0 Å². The molecule has 686 valence electrons. The zero-order valence-corrected chi connectivity index (χ0v) is 77.5. The summed E-state index contributed by atoms with van der Waals surface area (Å²) in [5.74, 6) is -2.48. The van der Waals surface area contributed by atoms with Crippen molar-refractivity contribution in [2.75, 3.05) is 64.4 Å². The second-order valence-electron chi connectivity index (χ2n) is 32.5. The molecule has 116 heavy (non-hydrogen) atoms. The first-order chi connectivity index (χ1) is 56.4. The van der Waals surface area contributed by atoms with Gasteiger partial charge < -0.3 is 49.6 Å². The van der Waals surface area contributed by atoms with Crippen molar-refractivity contribution >= 4 is 72.9 Å². The minimum atomic E-state index is -4.86. The summed E-state index contributed by atoms with van der Waals surface area (Å²) < 4.78 is 69.3. The molecule has 0 heterocycles. The van der Waals surface area contributed by atoms with E-state index in [1.165, 1.54) is 291 Å². The number of esters is 4. The van der Waals surface area contributed by atoms with Gasteiger partial charge in [0, 0.05) is 50.0 Å². The molecule has 22 nitrogen and oxygen atoms in total. The molecule has 0 aromatic heterocycles. The molecule has 0 aromatic rings. The van der Waals surface area contributed by atoms with Crippen LogP contribution in [-0.4, -0.2) is 144 Å². The van der Waals surface area contributed by atoms with E-state index < -0.39 is 115 Å². The van der Waals surface area contributed by atoms with Crippen LogP contribution in [0.5, 0.6) is 0 Å². The molecule has 0 radical (unpaired) electrons. The van der Waals surface area contributed by atoms with Crippen molar-refractivity contribution < 1.29 is 94.9 Å². The lowest BCUT2D eigenvalue weighted by atomic mass is 10.0. The molecule has 0 spiro atoms. The fourth-order valence-electron chi connectivity index (χ4n) is 13.9. The van der Waals surface area contributed by atoms with Crippen LogP contribution in [0.3, 0.4) is 0 Å². The number of hydrogen-bond acceptors (Lipinski definition) is 20. The molecule has 0 aromatic carbocycles. The highest BCUT2D eigenvalue weighted by molar-refractivity contribution is 8.76. The Morgan fingerprint density at radius 2 is 0.457 bits per heavy atom. The summed E-state index contributed by atoms with van der Waals surface area (Å²) in [5.41, 5.74) is 0. The van der Waals surface area contributed by atoms with Crippen LogP contribution >= 0.6 is 37.2 Å². The number of amides is 2. The van der Waals surface area contributed by atoms with E-state index in [0.717, 1.165) is 89.9 Å². The maximum atomic E-state index is 13.1. The van der Waals surface area contributed by atoms with Gasteiger partial charge in [-0.1, -0.05) is 409 Å². The molecule has 0 aliphatic rings. The number of ether oxygens (including phenoxy) is 4. The Balaban J connectivity index is 5.12. The summed E-state index contributed by atoms with van der Waals surface area (Å²) in [6.45, 7) is 4.45. The minimum absolute atomic E-state index is 0.0288. The summed E-state index contributed by atoms with van der Waals surface area (Å²) in [4.78, 5) is 99.0. The van der Waals surface area contributed by atoms with Gasteiger partial charge in [-0.3, -0.25) is 46.9 Å². The summed E-state index contributed by atoms with van der Waals surface area (Å²) in [7, 11) is -7.15. The largest absolute Gasteiger partial charge is 0.472 e. The van der Waals surface area contributed by atoms with Gasteiger partial charge >= 0.3 is 39.5 Å². The van der Waals surface area contributed by atoms with Crippen LogP contribution < -0.4 is 10.6 Å². The van der Waals surface area contributed by atoms with E-state index in [2.05, 4.69) is 38.3 Å². The van der Waals surface area contributed by atoms with Crippen LogP contribution in [0, 0.1) is 0 Å². The van der Waals surface area contributed by atoms with E-state index in [4.69, 9.17) is 37.0 Å². The zero-order valence-electron chi connectivity index (χ0n) is 74.1. The third-order valence-electron chi connectivity index (χ3n) is 21.2. The number of rotatable bonds is 93. The minimum Gasteiger partial charge on any atom is -0.462 e. The third kappa shape index (κ3) is 82.6. The summed E-state index contributed by atoms with van der Waals surface area (Å²) in [5, 5.41) is 25.2. The molecule has 6 N–H and O–H groups in total. The molecule has 26 heteroatoms. The van der Waals surface area contributed by atoms with Gasteiger partial charge in [0.05, 0.1) is 51.7 Å². The van der Waals surface area contributed by atoms with E-state index in [1.807, 2.05) is 0 Å². The lowest BCUT2D eigenvalue weighted by Gasteiger charge is -2.21. The van der Waals surface area contributed by atoms with Gasteiger partial charge in [0.2, 0.25) is 11.8 Å². The van der Waals surface area contributed by atoms with Crippen molar-refractivity contribution in [3.8, 4) is 0 Å². The second kappa shape index (κ2) is 86.2. The number of phosphoric acid groups is 2. The zero-order chi connectivity index (χ0) is 85.0. The third-order valence-corrected chi connectivity index (χ3v) is 25.5. The van der Waals surface area contributed by atoms with Crippen LogP contribution in [0.25, 0.3) is 0 Å². The predicted octanol–water partition coefficient (Wildman–Crippen LogP) is 24.3. The molecule has 2 unspecified atom stereocenters. The Kier molecular flexibility index (Phi) is 84.5. The van der Waals surface area contributed by atoms with Crippen LogP contribution in [0.2, 0.25) is 0 Å². The van der Waals surface area contributed by atoms with Gasteiger partial charge in [0.25, 0.3) is 0 Å². The second-order valence-corrected chi connectivity index (χ2v) is 38.2. The molecule has 0 rings (SSSR count). The van der Waals surface area contributed by atoms with Crippen molar-refractivity contribution in [3.05, 3.63) is 0 Å². The van der Waals surface area contributed by atoms with Gasteiger partial charge in [-0.25, -0.2) is 9.13 Å². The molecule has 2 amide bonds. The smallest absolute Gasteiger partial charge is 0.462 e. The van der Waals surface area contributed by atoms with E-state index in [-0.39, 0.29) is 63.2 Å². The highest BCUT2D eigenvalue weighted by Crippen LogP contribution is 2.44. The molecule has 0 saturated heterocycles. The molecule has 0 fully saturated rings. The quantitative estimate of drug-likeness (QED) is 0.0108. The number of carbonyl (C=O) groups excluding carboxylic acids is 6. The molecule has 0 aliphatic carbocycles. The van der Waals surface area contributed by atoms with Gasteiger partial charge in [-0.05, 0) is 25.7 Å². The molecule has 0 bridgehead atoms. The number of phosphoric ester groups is 2. The van der Waals surface area contributed by atoms with Crippen LogP contribution in [0.1, 0.15) is 451 Å². The highest BCUT2D eigenvalue weighted by atomic mass is 33.1. The van der Waals surface area contributed by atoms with Gasteiger partial charge in [0.15, 0.2) is 12.2 Å². The van der Waals surface area contributed by atoms with Crippen molar-refractivity contribution in [2.45, 2.75) is 476 Å². The Labute approximate surface area is 714 Å². The van der Waals surface area contributed by atoms with Crippen LogP contribution in [0.15, 0.2) is 0 Å². The molecule has 0 saturated carbocycles. The van der Waals surface area contributed by atoms with E-state index in [1.54, 1.807) is 0 Å². The summed E-state index contributed by atoms with van der Waals surface area (Å²) in [6.07, 6.45) is 69.4.